The molecule has 3 N–H and O–H groups in total. The van der Waals surface area contributed by atoms with Gasteiger partial charge in [-0.15, -0.1) is 0 Å². The molecule has 0 bridgehead atoms. The number of rotatable bonds is 6. The first-order chi connectivity index (χ1) is 9.85. The monoisotopic (exact) mass is 294 g/mol. The molecule has 0 heterocycles. The van der Waals surface area contributed by atoms with Gasteiger partial charge in [-0.1, -0.05) is 12.1 Å². The quantitative estimate of drug-likeness (QED) is 0.746. The third kappa shape index (κ3) is 4.98. The number of amides is 2. The Morgan fingerprint density at radius 3 is 2.24 bits per heavy atom. The molecule has 1 unspecified atom stereocenters. The SMILES string of the molecule is CCN(C(=O)NC(Cc1ccc(O)cc1)C(=O)O)C(C)C. The van der Waals surface area contributed by atoms with Crippen molar-refractivity contribution in [2.45, 2.75) is 39.3 Å². The van der Waals surface area contributed by atoms with Crippen LogP contribution in [0.3, 0.4) is 0 Å². The molecule has 0 saturated heterocycles. The van der Waals surface area contributed by atoms with E-state index >= 15 is 0 Å². The van der Waals surface area contributed by atoms with E-state index in [9.17, 15) is 19.8 Å². The number of nitrogens with zero attached hydrogens (tertiary/aromatic N) is 1. The Kier molecular flexibility index (Phi) is 6.02. The highest BCUT2D eigenvalue weighted by molar-refractivity contribution is 5.83. The summed E-state index contributed by atoms with van der Waals surface area (Å²) in [5.41, 5.74) is 0.730. The Balaban J connectivity index is 2.76. The van der Waals surface area contributed by atoms with Crippen LogP contribution in [0.15, 0.2) is 24.3 Å². The van der Waals surface area contributed by atoms with Crippen LogP contribution in [0.25, 0.3) is 0 Å². The maximum atomic E-state index is 12.1. The first kappa shape index (κ1) is 16.8. The molecule has 1 rings (SSSR count). The molecule has 2 amide bonds. The minimum absolute atomic E-state index is 0.00174. The number of carboxylic acids is 1. The summed E-state index contributed by atoms with van der Waals surface area (Å²) >= 11 is 0. The fourth-order valence-electron chi connectivity index (χ4n) is 2.04. The van der Waals surface area contributed by atoms with Crippen molar-refractivity contribution in [1.82, 2.24) is 10.2 Å². The second kappa shape index (κ2) is 7.52. The second-order valence-corrected chi connectivity index (χ2v) is 5.09. The molecule has 0 aliphatic rings. The van der Waals surface area contributed by atoms with Gasteiger partial charge in [0, 0.05) is 19.0 Å². The van der Waals surface area contributed by atoms with Crippen LogP contribution in [-0.2, 0) is 11.2 Å². The van der Waals surface area contributed by atoms with Gasteiger partial charge in [-0.2, -0.15) is 0 Å². The Bertz CT molecular complexity index is 485. The summed E-state index contributed by atoms with van der Waals surface area (Å²) in [6.45, 7) is 6.10. The smallest absolute Gasteiger partial charge is 0.326 e. The Morgan fingerprint density at radius 1 is 1.24 bits per heavy atom. The Morgan fingerprint density at radius 2 is 1.81 bits per heavy atom. The number of aliphatic carboxylic acids is 1. The second-order valence-electron chi connectivity index (χ2n) is 5.09. The van der Waals surface area contributed by atoms with Crippen molar-refractivity contribution in [3.05, 3.63) is 29.8 Å². The van der Waals surface area contributed by atoms with E-state index in [1.54, 1.807) is 17.0 Å². The zero-order chi connectivity index (χ0) is 16.0. The molecule has 0 radical (unpaired) electrons. The average molecular weight is 294 g/mol. The first-order valence-corrected chi connectivity index (χ1v) is 6.93. The largest absolute Gasteiger partial charge is 0.508 e. The number of urea groups is 1. The van der Waals surface area contributed by atoms with Gasteiger partial charge in [0.2, 0.25) is 0 Å². The predicted octanol–water partition coefficient (Wildman–Crippen LogP) is 1.83. The molecule has 1 atom stereocenters. The molecule has 0 aliphatic carbocycles. The number of carbonyl (C=O) groups excluding carboxylic acids is 1. The zero-order valence-electron chi connectivity index (χ0n) is 12.5. The minimum atomic E-state index is -1.09. The van der Waals surface area contributed by atoms with Crippen LogP contribution in [0, 0.1) is 0 Å². The van der Waals surface area contributed by atoms with Crippen LogP contribution in [0.4, 0.5) is 4.79 Å². The molecule has 0 spiro atoms. The van der Waals surface area contributed by atoms with Gasteiger partial charge in [-0.3, -0.25) is 0 Å². The van der Waals surface area contributed by atoms with Crippen molar-refractivity contribution in [2.24, 2.45) is 0 Å². The van der Waals surface area contributed by atoms with Crippen LogP contribution < -0.4 is 5.32 Å². The normalized spacial score (nSPS) is 12.0. The number of hydrogen-bond donors (Lipinski definition) is 3. The van der Waals surface area contributed by atoms with Crippen LogP contribution >= 0.6 is 0 Å². The van der Waals surface area contributed by atoms with Gasteiger partial charge < -0.3 is 20.4 Å². The van der Waals surface area contributed by atoms with E-state index in [0.717, 1.165) is 5.56 Å². The highest BCUT2D eigenvalue weighted by Gasteiger charge is 2.24. The third-order valence-electron chi connectivity index (χ3n) is 3.20. The molecular formula is C15H22N2O4. The van der Waals surface area contributed by atoms with E-state index in [-0.39, 0.29) is 18.2 Å². The van der Waals surface area contributed by atoms with E-state index in [2.05, 4.69) is 5.32 Å². The zero-order valence-corrected chi connectivity index (χ0v) is 12.5. The van der Waals surface area contributed by atoms with Gasteiger partial charge in [0.25, 0.3) is 0 Å². The van der Waals surface area contributed by atoms with Crippen molar-refractivity contribution >= 4 is 12.0 Å². The molecule has 6 heteroatoms. The van der Waals surface area contributed by atoms with Crippen molar-refractivity contribution in [1.29, 1.82) is 0 Å². The third-order valence-corrected chi connectivity index (χ3v) is 3.20. The maximum Gasteiger partial charge on any atom is 0.326 e. The Hall–Kier alpha value is -2.24. The number of carboxylic acid groups (broad SMARTS) is 1. The lowest BCUT2D eigenvalue weighted by atomic mass is 10.1. The molecule has 0 saturated carbocycles. The molecule has 1 aromatic rings. The summed E-state index contributed by atoms with van der Waals surface area (Å²) in [5.74, 6) is -0.970. The summed E-state index contributed by atoms with van der Waals surface area (Å²) in [4.78, 5) is 25.0. The van der Waals surface area contributed by atoms with Crippen molar-refractivity contribution in [2.75, 3.05) is 6.54 Å². The fraction of sp³-hybridized carbons (Fsp3) is 0.467. The van der Waals surface area contributed by atoms with E-state index in [1.165, 1.54) is 12.1 Å². The number of aromatic hydroxyl groups is 1. The molecule has 1 aromatic carbocycles. The van der Waals surface area contributed by atoms with Gasteiger partial charge in [0.1, 0.15) is 11.8 Å². The van der Waals surface area contributed by atoms with E-state index in [1.807, 2.05) is 20.8 Å². The van der Waals surface area contributed by atoms with E-state index < -0.39 is 18.0 Å². The number of nitrogens with one attached hydrogen (secondary N) is 1. The van der Waals surface area contributed by atoms with Crippen LogP contribution in [0.5, 0.6) is 5.75 Å². The number of phenols is 1. The summed E-state index contributed by atoms with van der Waals surface area (Å²) in [6.07, 6.45) is 0.164. The lowest BCUT2D eigenvalue weighted by Crippen LogP contribution is -2.50. The average Bonchev–Trinajstić information content (AvgIpc) is 2.40. The standard InChI is InChI=1S/C15H22N2O4/c1-4-17(10(2)3)15(21)16-13(14(19)20)9-11-5-7-12(18)8-6-11/h5-8,10,13,18H,4,9H2,1-3H3,(H,16,21)(H,19,20). The van der Waals surface area contributed by atoms with Crippen LogP contribution in [0.2, 0.25) is 0 Å². The molecular weight excluding hydrogens is 272 g/mol. The number of benzene rings is 1. The molecule has 0 aromatic heterocycles. The summed E-state index contributed by atoms with van der Waals surface area (Å²) in [5, 5.41) is 21.0. The van der Waals surface area contributed by atoms with Crippen molar-refractivity contribution in [3.8, 4) is 5.75 Å². The fourth-order valence-corrected chi connectivity index (χ4v) is 2.04. The molecule has 6 nitrogen and oxygen atoms in total. The van der Waals surface area contributed by atoms with Crippen molar-refractivity contribution < 1.29 is 19.8 Å². The Labute approximate surface area is 124 Å². The number of hydrogen-bond acceptors (Lipinski definition) is 3. The molecule has 0 aliphatic heterocycles. The lowest BCUT2D eigenvalue weighted by molar-refractivity contribution is -0.139. The van der Waals surface area contributed by atoms with Gasteiger partial charge in [0.15, 0.2) is 0 Å². The highest BCUT2D eigenvalue weighted by Crippen LogP contribution is 2.12. The first-order valence-electron chi connectivity index (χ1n) is 6.93. The summed E-state index contributed by atoms with van der Waals surface area (Å²) in [6, 6.07) is 4.85. The molecule has 21 heavy (non-hydrogen) atoms. The van der Waals surface area contributed by atoms with E-state index in [4.69, 9.17) is 0 Å². The van der Waals surface area contributed by atoms with Gasteiger partial charge in [-0.05, 0) is 38.5 Å². The van der Waals surface area contributed by atoms with E-state index in [0.29, 0.717) is 6.54 Å². The van der Waals surface area contributed by atoms with Crippen molar-refractivity contribution in [3.63, 3.8) is 0 Å². The molecule has 116 valence electrons. The maximum absolute atomic E-state index is 12.1. The molecule has 0 fully saturated rings. The topological polar surface area (TPSA) is 89.9 Å². The number of carbonyl (C=O) groups is 2. The minimum Gasteiger partial charge on any atom is -0.508 e. The highest BCUT2D eigenvalue weighted by atomic mass is 16.4. The summed E-state index contributed by atoms with van der Waals surface area (Å²) < 4.78 is 0. The van der Waals surface area contributed by atoms with Crippen LogP contribution in [0.1, 0.15) is 26.3 Å². The van der Waals surface area contributed by atoms with Gasteiger partial charge >= 0.3 is 12.0 Å². The lowest BCUT2D eigenvalue weighted by Gasteiger charge is -2.27. The summed E-state index contributed by atoms with van der Waals surface area (Å²) in [7, 11) is 0. The van der Waals surface area contributed by atoms with Gasteiger partial charge in [-0.25, -0.2) is 9.59 Å². The van der Waals surface area contributed by atoms with Gasteiger partial charge in [0.05, 0.1) is 0 Å². The van der Waals surface area contributed by atoms with Crippen LogP contribution in [-0.4, -0.2) is 45.7 Å². The predicted molar refractivity (Wildman–Crippen MR) is 79.3 cm³/mol. The number of phenolic OH excluding ortho intramolecular Hbond substituents is 1.